The minimum absolute atomic E-state index is 0.358. The monoisotopic (exact) mass is 275 g/mol. The third kappa shape index (κ3) is 2.92. The Kier molecular flexibility index (Phi) is 4.82. The first-order valence-corrected chi connectivity index (χ1v) is 6.12. The molecule has 0 aliphatic carbocycles. The Hall–Kier alpha value is -0.680. The number of esters is 1. The average molecular weight is 276 g/mol. The normalized spacial score (nSPS) is 10.7. The number of thiazole rings is 1. The smallest absolute Gasteiger partial charge is 0.358 e. The Morgan fingerprint density at radius 3 is 3.21 bits per heavy atom. The largest absolute Gasteiger partial charge is 0.461 e. The van der Waals surface area contributed by atoms with Crippen molar-refractivity contribution in [3.63, 3.8) is 0 Å². The van der Waals surface area contributed by atoms with Crippen molar-refractivity contribution < 1.29 is 9.53 Å². The van der Waals surface area contributed by atoms with Gasteiger partial charge in [0.25, 0.3) is 0 Å². The van der Waals surface area contributed by atoms with Crippen LogP contribution in [0.15, 0.2) is 11.6 Å². The van der Waals surface area contributed by atoms with Crippen LogP contribution in [-0.2, 0) is 4.74 Å². The number of nitrogens with zero attached hydrogens (tertiary/aromatic N) is 1. The van der Waals surface area contributed by atoms with E-state index in [9.17, 15) is 4.79 Å². The predicted molar refractivity (Wildman–Crippen MR) is 60.9 cm³/mol. The topological polar surface area (TPSA) is 39.2 Å². The number of allylic oxidation sites excluding steroid dienone is 1. The fraction of sp³-hybridized carbons (Fsp3) is 0.333. The predicted octanol–water partition coefficient (Wildman–Crippen LogP) is 2.73. The Morgan fingerprint density at radius 1 is 1.79 bits per heavy atom. The fourth-order valence-corrected chi connectivity index (χ4v) is 1.76. The molecule has 0 aliphatic rings. The Labute approximate surface area is 94.9 Å². The van der Waals surface area contributed by atoms with Gasteiger partial charge in [-0.3, -0.25) is 0 Å². The Morgan fingerprint density at radius 2 is 2.57 bits per heavy atom. The molecule has 1 aromatic rings. The second kappa shape index (κ2) is 5.93. The summed E-state index contributed by atoms with van der Waals surface area (Å²) in [6.07, 6.45) is 3.77. The summed E-state index contributed by atoms with van der Waals surface area (Å²) in [6.45, 7) is 2.15. The van der Waals surface area contributed by atoms with E-state index in [1.54, 1.807) is 12.4 Å². The first-order valence-electron chi connectivity index (χ1n) is 4.12. The highest BCUT2D eigenvalue weighted by Crippen LogP contribution is 2.16. The molecular weight excluding hydrogens is 266 g/mol. The molecule has 0 fully saturated rings. The van der Waals surface area contributed by atoms with Gasteiger partial charge in [0.1, 0.15) is 0 Å². The fourth-order valence-electron chi connectivity index (χ4n) is 0.878. The number of halogens is 1. The molecule has 0 atom stereocenters. The third-order valence-corrected chi connectivity index (χ3v) is 2.59. The average Bonchev–Trinajstić information content (AvgIpc) is 2.63. The lowest BCUT2D eigenvalue weighted by Gasteiger charge is -1.98. The van der Waals surface area contributed by atoms with E-state index in [-0.39, 0.29) is 5.97 Å². The standard InChI is InChI=1S/C9H10BrNO2S/c1-2-13-9(12)8-7(4-3-5-10)14-6-11-8/h3-4,6H,2,5H2,1H3. The molecule has 0 aromatic carbocycles. The van der Waals surface area contributed by atoms with Crippen molar-refractivity contribution in [3.8, 4) is 0 Å². The maximum absolute atomic E-state index is 11.4. The second-order valence-electron chi connectivity index (χ2n) is 2.34. The second-order valence-corrected chi connectivity index (χ2v) is 3.88. The van der Waals surface area contributed by atoms with Crippen molar-refractivity contribution in [1.29, 1.82) is 0 Å². The zero-order valence-electron chi connectivity index (χ0n) is 7.70. The van der Waals surface area contributed by atoms with Crippen LogP contribution in [0.1, 0.15) is 22.3 Å². The lowest BCUT2D eigenvalue weighted by atomic mass is 10.3. The summed E-state index contributed by atoms with van der Waals surface area (Å²) in [6, 6.07) is 0. The molecule has 1 aromatic heterocycles. The molecule has 0 saturated heterocycles. The summed E-state index contributed by atoms with van der Waals surface area (Å²) in [5.41, 5.74) is 2.04. The van der Waals surface area contributed by atoms with Gasteiger partial charge in [0.05, 0.1) is 17.0 Å². The first kappa shape index (κ1) is 11.4. The van der Waals surface area contributed by atoms with Crippen molar-refractivity contribution in [3.05, 3.63) is 22.2 Å². The number of hydrogen-bond acceptors (Lipinski definition) is 4. The van der Waals surface area contributed by atoms with E-state index in [4.69, 9.17) is 4.74 Å². The molecule has 1 rings (SSSR count). The van der Waals surface area contributed by atoms with Crippen molar-refractivity contribution in [1.82, 2.24) is 4.98 Å². The van der Waals surface area contributed by atoms with E-state index in [2.05, 4.69) is 20.9 Å². The molecule has 0 bridgehead atoms. The van der Waals surface area contributed by atoms with Gasteiger partial charge in [0.2, 0.25) is 0 Å². The molecule has 5 heteroatoms. The van der Waals surface area contributed by atoms with Gasteiger partial charge in [-0.25, -0.2) is 9.78 Å². The molecule has 0 spiro atoms. The molecular formula is C9H10BrNO2S. The van der Waals surface area contributed by atoms with Crippen LogP contribution in [0.5, 0.6) is 0 Å². The molecule has 0 aliphatic heterocycles. The van der Waals surface area contributed by atoms with Crippen LogP contribution in [-0.4, -0.2) is 22.9 Å². The lowest BCUT2D eigenvalue weighted by molar-refractivity contribution is 0.0520. The minimum Gasteiger partial charge on any atom is -0.461 e. The van der Waals surface area contributed by atoms with Crippen molar-refractivity contribution in [2.45, 2.75) is 6.92 Å². The molecule has 0 unspecified atom stereocenters. The SMILES string of the molecule is CCOC(=O)c1ncsc1C=CCBr. The van der Waals surface area contributed by atoms with E-state index in [1.807, 2.05) is 12.2 Å². The van der Waals surface area contributed by atoms with Crippen LogP contribution in [0.25, 0.3) is 6.08 Å². The van der Waals surface area contributed by atoms with Gasteiger partial charge in [-0.05, 0) is 13.0 Å². The summed E-state index contributed by atoms with van der Waals surface area (Å²) in [5, 5.41) is 0.757. The van der Waals surface area contributed by atoms with Gasteiger partial charge in [-0.1, -0.05) is 22.0 Å². The van der Waals surface area contributed by atoms with Crippen LogP contribution >= 0.6 is 27.3 Å². The molecule has 3 nitrogen and oxygen atoms in total. The summed E-state index contributed by atoms with van der Waals surface area (Å²) in [7, 11) is 0. The van der Waals surface area contributed by atoms with Crippen LogP contribution in [0.4, 0.5) is 0 Å². The molecule has 14 heavy (non-hydrogen) atoms. The van der Waals surface area contributed by atoms with E-state index < -0.39 is 0 Å². The van der Waals surface area contributed by atoms with Gasteiger partial charge in [0.15, 0.2) is 5.69 Å². The number of hydrogen-bond donors (Lipinski definition) is 0. The van der Waals surface area contributed by atoms with E-state index in [1.165, 1.54) is 11.3 Å². The number of carbonyl (C=O) groups is 1. The maximum Gasteiger partial charge on any atom is 0.358 e. The summed E-state index contributed by atoms with van der Waals surface area (Å²) < 4.78 is 4.87. The molecule has 0 N–H and O–H groups in total. The molecule has 0 amide bonds. The van der Waals surface area contributed by atoms with Crippen molar-refractivity contribution in [2.24, 2.45) is 0 Å². The number of aromatic nitrogens is 1. The summed E-state index contributed by atoms with van der Waals surface area (Å²) in [5.74, 6) is -0.358. The highest BCUT2D eigenvalue weighted by Gasteiger charge is 2.13. The number of carbonyl (C=O) groups excluding carboxylic acids is 1. The van der Waals surface area contributed by atoms with Gasteiger partial charge < -0.3 is 4.74 Å². The zero-order valence-corrected chi connectivity index (χ0v) is 10.1. The van der Waals surface area contributed by atoms with Crippen molar-refractivity contribution in [2.75, 3.05) is 11.9 Å². The molecule has 76 valence electrons. The van der Waals surface area contributed by atoms with E-state index >= 15 is 0 Å². The van der Waals surface area contributed by atoms with Gasteiger partial charge in [-0.2, -0.15) is 0 Å². The van der Waals surface area contributed by atoms with Crippen LogP contribution < -0.4 is 0 Å². The van der Waals surface area contributed by atoms with Crippen LogP contribution in [0.2, 0.25) is 0 Å². The van der Waals surface area contributed by atoms with Gasteiger partial charge in [0, 0.05) is 5.33 Å². The minimum atomic E-state index is -0.358. The molecule has 0 saturated carbocycles. The van der Waals surface area contributed by atoms with Gasteiger partial charge in [-0.15, -0.1) is 11.3 Å². The van der Waals surface area contributed by atoms with E-state index in [0.717, 1.165) is 10.2 Å². The number of rotatable bonds is 4. The molecule has 0 radical (unpaired) electrons. The maximum atomic E-state index is 11.4. The van der Waals surface area contributed by atoms with Crippen LogP contribution in [0.3, 0.4) is 0 Å². The summed E-state index contributed by atoms with van der Waals surface area (Å²) >= 11 is 4.69. The quantitative estimate of drug-likeness (QED) is 0.627. The number of alkyl halides is 1. The van der Waals surface area contributed by atoms with Crippen LogP contribution in [0, 0.1) is 0 Å². The Bertz CT molecular complexity index is 335. The van der Waals surface area contributed by atoms with E-state index in [0.29, 0.717) is 12.3 Å². The molecule has 1 heterocycles. The lowest BCUT2D eigenvalue weighted by Crippen LogP contribution is -2.06. The first-order chi connectivity index (χ1) is 6.79. The zero-order chi connectivity index (χ0) is 10.4. The summed E-state index contributed by atoms with van der Waals surface area (Å²) in [4.78, 5) is 16.2. The highest BCUT2D eigenvalue weighted by atomic mass is 79.9. The van der Waals surface area contributed by atoms with Gasteiger partial charge >= 0.3 is 5.97 Å². The Balaban J connectivity index is 2.81. The van der Waals surface area contributed by atoms with Crippen molar-refractivity contribution >= 4 is 39.3 Å². The third-order valence-electron chi connectivity index (χ3n) is 1.42. The highest BCUT2D eigenvalue weighted by molar-refractivity contribution is 9.09. The number of ether oxygens (including phenoxy) is 1.